The molecular weight excluding hydrogens is 232 g/mol. The Kier molecular flexibility index (Phi) is 3.38. The molecule has 1 atom stereocenters. The van der Waals surface area contributed by atoms with E-state index in [0.717, 1.165) is 36.1 Å². The van der Waals surface area contributed by atoms with Crippen LogP contribution < -0.4 is 10.6 Å². The first-order chi connectivity index (χ1) is 8.00. The number of aromatic nitrogens is 2. The van der Waals surface area contributed by atoms with Crippen LogP contribution in [0.4, 0.5) is 5.82 Å². The van der Waals surface area contributed by atoms with Crippen LogP contribution in [0.3, 0.4) is 0 Å². The summed E-state index contributed by atoms with van der Waals surface area (Å²) in [5.41, 5.74) is 7.69. The summed E-state index contributed by atoms with van der Waals surface area (Å²) in [4.78, 5) is 2.81. The van der Waals surface area contributed by atoms with Crippen LogP contribution in [0.5, 0.6) is 0 Å². The topological polar surface area (TPSA) is 47.1 Å². The molecule has 17 heavy (non-hydrogen) atoms. The summed E-state index contributed by atoms with van der Waals surface area (Å²) >= 11 is 5.15. The predicted octanol–water partition coefficient (Wildman–Crippen LogP) is 1.60. The second-order valence-electron chi connectivity index (χ2n) is 4.97. The molecule has 0 bridgehead atoms. The van der Waals surface area contributed by atoms with Crippen LogP contribution in [0.15, 0.2) is 0 Å². The van der Waals surface area contributed by atoms with E-state index in [2.05, 4.69) is 16.9 Å². The molecule has 1 unspecified atom stereocenters. The molecule has 0 aliphatic carbocycles. The molecular formula is C12H20N4S. The van der Waals surface area contributed by atoms with Crippen molar-refractivity contribution in [1.29, 1.82) is 0 Å². The maximum Gasteiger partial charge on any atom is 0.137 e. The molecule has 2 N–H and O–H groups in total. The van der Waals surface area contributed by atoms with Crippen molar-refractivity contribution in [2.45, 2.75) is 26.7 Å². The molecule has 1 aliphatic rings. The Morgan fingerprint density at radius 2 is 2.24 bits per heavy atom. The van der Waals surface area contributed by atoms with E-state index in [-0.39, 0.29) is 0 Å². The molecule has 1 aliphatic heterocycles. The van der Waals surface area contributed by atoms with E-state index >= 15 is 0 Å². The van der Waals surface area contributed by atoms with Gasteiger partial charge in [-0.25, -0.2) is 0 Å². The van der Waals surface area contributed by atoms with Crippen LogP contribution >= 0.6 is 12.2 Å². The highest BCUT2D eigenvalue weighted by molar-refractivity contribution is 7.80. The van der Waals surface area contributed by atoms with Crippen LogP contribution in [-0.4, -0.2) is 27.9 Å². The molecule has 1 fully saturated rings. The Morgan fingerprint density at radius 1 is 1.53 bits per heavy atom. The lowest BCUT2D eigenvalue weighted by Crippen LogP contribution is -2.36. The minimum atomic E-state index is 0.448. The first-order valence-electron chi connectivity index (χ1n) is 6.09. The smallest absolute Gasteiger partial charge is 0.137 e. The van der Waals surface area contributed by atoms with E-state index in [1.807, 2.05) is 18.7 Å². The van der Waals surface area contributed by atoms with Crippen molar-refractivity contribution < 1.29 is 0 Å². The Bertz CT molecular complexity index is 438. The van der Waals surface area contributed by atoms with Gasteiger partial charge in [0.2, 0.25) is 0 Å². The van der Waals surface area contributed by atoms with E-state index in [4.69, 9.17) is 18.0 Å². The van der Waals surface area contributed by atoms with Crippen LogP contribution in [0.1, 0.15) is 31.0 Å². The van der Waals surface area contributed by atoms with Gasteiger partial charge in [-0.3, -0.25) is 4.68 Å². The van der Waals surface area contributed by atoms with Gasteiger partial charge in [0.15, 0.2) is 0 Å². The van der Waals surface area contributed by atoms with Gasteiger partial charge in [0.1, 0.15) is 10.8 Å². The average molecular weight is 252 g/mol. The standard InChI is InChI=1S/C12H20N4S/c1-8-5-4-6-16(7-8)12-10(11(13)17)9(2)14-15(12)3/h8H,4-7H2,1-3H3,(H2,13,17). The van der Waals surface area contributed by atoms with Crippen molar-refractivity contribution in [1.82, 2.24) is 9.78 Å². The molecule has 0 saturated carbocycles. The van der Waals surface area contributed by atoms with Gasteiger partial charge in [0.25, 0.3) is 0 Å². The van der Waals surface area contributed by atoms with E-state index < -0.39 is 0 Å². The van der Waals surface area contributed by atoms with Gasteiger partial charge < -0.3 is 10.6 Å². The number of piperidine rings is 1. The van der Waals surface area contributed by atoms with E-state index in [1.54, 1.807) is 0 Å². The maximum absolute atomic E-state index is 5.82. The Labute approximate surface area is 108 Å². The van der Waals surface area contributed by atoms with Gasteiger partial charge >= 0.3 is 0 Å². The lowest BCUT2D eigenvalue weighted by Gasteiger charge is -2.33. The fourth-order valence-corrected chi connectivity index (χ4v) is 2.92. The van der Waals surface area contributed by atoms with Gasteiger partial charge in [-0.2, -0.15) is 5.10 Å². The minimum Gasteiger partial charge on any atom is -0.389 e. The number of hydrogen-bond donors (Lipinski definition) is 1. The highest BCUT2D eigenvalue weighted by atomic mass is 32.1. The van der Waals surface area contributed by atoms with E-state index in [9.17, 15) is 0 Å². The van der Waals surface area contributed by atoms with Gasteiger partial charge in [0, 0.05) is 20.1 Å². The number of thiocarbonyl (C=S) groups is 1. The number of hydrogen-bond acceptors (Lipinski definition) is 3. The molecule has 1 aromatic rings. The van der Waals surface area contributed by atoms with Crippen LogP contribution in [0.2, 0.25) is 0 Å². The minimum absolute atomic E-state index is 0.448. The Morgan fingerprint density at radius 3 is 2.82 bits per heavy atom. The lowest BCUT2D eigenvalue weighted by molar-refractivity contribution is 0.440. The van der Waals surface area contributed by atoms with Gasteiger partial charge in [-0.1, -0.05) is 19.1 Å². The molecule has 2 rings (SSSR count). The number of anilines is 1. The zero-order chi connectivity index (χ0) is 12.6. The van der Waals surface area contributed by atoms with Crippen molar-refractivity contribution in [2.24, 2.45) is 18.7 Å². The van der Waals surface area contributed by atoms with Crippen molar-refractivity contribution >= 4 is 23.0 Å². The third-order valence-electron chi connectivity index (χ3n) is 3.39. The molecule has 0 radical (unpaired) electrons. The largest absolute Gasteiger partial charge is 0.389 e. The molecule has 1 saturated heterocycles. The van der Waals surface area contributed by atoms with Crippen molar-refractivity contribution in [3.8, 4) is 0 Å². The average Bonchev–Trinajstić information content (AvgIpc) is 2.53. The molecule has 94 valence electrons. The molecule has 5 heteroatoms. The van der Waals surface area contributed by atoms with Crippen molar-refractivity contribution in [2.75, 3.05) is 18.0 Å². The zero-order valence-corrected chi connectivity index (χ0v) is 11.5. The summed E-state index contributed by atoms with van der Waals surface area (Å²) in [5, 5.41) is 4.44. The van der Waals surface area contributed by atoms with Crippen molar-refractivity contribution in [3.05, 3.63) is 11.3 Å². The molecule has 2 heterocycles. The molecule has 4 nitrogen and oxygen atoms in total. The highest BCUT2D eigenvalue weighted by Crippen LogP contribution is 2.27. The van der Waals surface area contributed by atoms with Gasteiger partial charge in [-0.15, -0.1) is 0 Å². The third-order valence-corrected chi connectivity index (χ3v) is 3.60. The highest BCUT2D eigenvalue weighted by Gasteiger charge is 2.24. The molecule has 0 spiro atoms. The number of nitrogens with two attached hydrogens (primary N) is 1. The van der Waals surface area contributed by atoms with E-state index in [0.29, 0.717) is 4.99 Å². The second-order valence-corrected chi connectivity index (χ2v) is 5.41. The van der Waals surface area contributed by atoms with Crippen LogP contribution in [0.25, 0.3) is 0 Å². The Hall–Kier alpha value is -1.10. The van der Waals surface area contributed by atoms with Crippen molar-refractivity contribution in [3.63, 3.8) is 0 Å². The fourth-order valence-electron chi connectivity index (χ4n) is 2.68. The second kappa shape index (κ2) is 4.64. The molecule has 1 aromatic heterocycles. The molecule has 0 aromatic carbocycles. The Balaban J connectivity index is 2.40. The summed E-state index contributed by atoms with van der Waals surface area (Å²) < 4.78 is 1.90. The summed E-state index contributed by atoms with van der Waals surface area (Å²) in [6.07, 6.45) is 2.53. The summed E-state index contributed by atoms with van der Waals surface area (Å²) in [6, 6.07) is 0. The number of rotatable bonds is 2. The quantitative estimate of drug-likeness (QED) is 0.812. The van der Waals surface area contributed by atoms with Crippen LogP contribution in [-0.2, 0) is 7.05 Å². The normalized spacial score (nSPS) is 20.6. The monoisotopic (exact) mass is 252 g/mol. The third kappa shape index (κ3) is 2.29. The SMILES string of the molecule is Cc1nn(C)c(N2CCCC(C)C2)c1C(N)=S. The predicted molar refractivity (Wildman–Crippen MR) is 74.4 cm³/mol. The maximum atomic E-state index is 5.82. The zero-order valence-electron chi connectivity index (χ0n) is 10.7. The lowest BCUT2D eigenvalue weighted by atomic mass is 10.00. The first-order valence-corrected chi connectivity index (χ1v) is 6.50. The fraction of sp³-hybridized carbons (Fsp3) is 0.667. The summed E-state index contributed by atoms with van der Waals surface area (Å²) in [5.74, 6) is 1.81. The van der Waals surface area contributed by atoms with Crippen LogP contribution in [0, 0.1) is 12.8 Å². The molecule has 0 amide bonds. The number of nitrogens with zero attached hydrogens (tertiary/aromatic N) is 3. The first kappa shape index (κ1) is 12.4. The summed E-state index contributed by atoms with van der Waals surface area (Å²) in [6.45, 7) is 6.38. The van der Waals surface area contributed by atoms with E-state index in [1.165, 1.54) is 12.8 Å². The van der Waals surface area contributed by atoms with Gasteiger partial charge in [0.05, 0.1) is 11.3 Å². The number of aryl methyl sites for hydroxylation is 2. The van der Waals surface area contributed by atoms with Gasteiger partial charge in [-0.05, 0) is 25.7 Å². The summed E-state index contributed by atoms with van der Waals surface area (Å²) in [7, 11) is 1.96.